The first-order chi connectivity index (χ1) is 7.06. The van der Waals surface area contributed by atoms with Crippen molar-refractivity contribution >= 4 is 35.0 Å². The largest absolute Gasteiger partial charge is 0.391 e. The Balaban J connectivity index is 0.00000225. The van der Waals surface area contributed by atoms with Crippen LogP contribution < -0.4 is 5.73 Å². The van der Waals surface area contributed by atoms with Gasteiger partial charge >= 0.3 is 0 Å². The smallest absolute Gasteiger partial charge is 0.0758 e. The minimum absolute atomic E-state index is 0. The molecule has 1 rings (SSSR count). The zero-order valence-electron chi connectivity index (χ0n) is 9.56. The van der Waals surface area contributed by atoms with Crippen molar-refractivity contribution in [3.63, 3.8) is 0 Å². The first-order valence-electron chi connectivity index (χ1n) is 5.25. The molecule has 0 aliphatic carbocycles. The highest BCUT2D eigenvalue weighted by atomic mass is 127. The molecule has 0 aliphatic heterocycles. The van der Waals surface area contributed by atoms with Gasteiger partial charge in [-0.25, -0.2) is 0 Å². The van der Waals surface area contributed by atoms with Gasteiger partial charge in [0.15, 0.2) is 0 Å². The molecule has 1 unspecified atom stereocenters. The molecule has 0 saturated heterocycles. The standard InChI is InChI=1S/C12H18INO.ClH/c1-3-8(2)12(15)11(14)9-4-6-10(13)7-5-9;/h4-8,11-12,15H,3,14H2,1-2H3;1H/t8?,11-,12+;/m1./s1. The Labute approximate surface area is 117 Å². The monoisotopic (exact) mass is 355 g/mol. The molecule has 16 heavy (non-hydrogen) atoms. The van der Waals surface area contributed by atoms with Crippen LogP contribution >= 0.6 is 35.0 Å². The number of benzene rings is 1. The molecule has 4 heteroatoms. The summed E-state index contributed by atoms with van der Waals surface area (Å²) < 4.78 is 1.18. The number of rotatable bonds is 4. The summed E-state index contributed by atoms with van der Waals surface area (Å²) in [7, 11) is 0. The molecule has 0 bridgehead atoms. The Hall–Kier alpha value is 0.160. The number of aliphatic hydroxyl groups excluding tert-OH is 1. The van der Waals surface area contributed by atoms with Crippen molar-refractivity contribution in [3.8, 4) is 0 Å². The molecule has 0 aliphatic rings. The van der Waals surface area contributed by atoms with Crippen LogP contribution in [-0.2, 0) is 0 Å². The summed E-state index contributed by atoms with van der Waals surface area (Å²) >= 11 is 2.25. The summed E-state index contributed by atoms with van der Waals surface area (Å²) in [5.41, 5.74) is 7.02. The van der Waals surface area contributed by atoms with E-state index in [0.29, 0.717) is 0 Å². The van der Waals surface area contributed by atoms with Crippen molar-refractivity contribution in [1.29, 1.82) is 0 Å². The van der Waals surface area contributed by atoms with Gasteiger partial charge in [-0.05, 0) is 46.2 Å². The summed E-state index contributed by atoms with van der Waals surface area (Å²) in [5.74, 6) is 0.235. The van der Waals surface area contributed by atoms with Gasteiger partial charge in [-0.1, -0.05) is 32.4 Å². The third-order valence-corrected chi connectivity index (χ3v) is 3.57. The van der Waals surface area contributed by atoms with E-state index in [0.717, 1.165) is 12.0 Å². The van der Waals surface area contributed by atoms with Gasteiger partial charge < -0.3 is 10.8 Å². The molecule has 0 saturated carbocycles. The van der Waals surface area contributed by atoms with Crippen molar-refractivity contribution < 1.29 is 5.11 Å². The Morgan fingerprint density at radius 1 is 1.31 bits per heavy atom. The second-order valence-corrected chi connectivity index (χ2v) is 5.20. The summed E-state index contributed by atoms with van der Waals surface area (Å²) in [6, 6.07) is 7.71. The van der Waals surface area contributed by atoms with Crippen molar-refractivity contribution in [2.75, 3.05) is 0 Å². The van der Waals surface area contributed by atoms with Crippen LogP contribution in [0.2, 0.25) is 0 Å². The predicted octanol–water partition coefficient (Wildman–Crippen LogP) is 3.12. The Bertz CT molecular complexity index is 304. The van der Waals surface area contributed by atoms with Crippen molar-refractivity contribution in [1.82, 2.24) is 0 Å². The van der Waals surface area contributed by atoms with Gasteiger partial charge in [-0.3, -0.25) is 0 Å². The van der Waals surface area contributed by atoms with Gasteiger partial charge in [-0.15, -0.1) is 12.4 Å². The lowest BCUT2D eigenvalue weighted by Gasteiger charge is -2.24. The molecular formula is C12H19ClINO. The SMILES string of the molecule is CCC(C)[C@H](O)[C@H](N)c1ccc(I)cc1.Cl. The van der Waals surface area contributed by atoms with Gasteiger partial charge in [-0.2, -0.15) is 0 Å². The summed E-state index contributed by atoms with van der Waals surface area (Å²) in [5, 5.41) is 9.98. The van der Waals surface area contributed by atoms with Crippen LogP contribution in [0.3, 0.4) is 0 Å². The number of nitrogens with two attached hydrogens (primary N) is 1. The van der Waals surface area contributed by atoms with E-state index in [2.05, 4.69) is 29.5 Å². The van der Waals surface area contributed by atoms with E-state index in [9.17, 15) is 5.11 Å². The first-order valence-corrected chi connectivity index (χ1v) is 6.33. The van der Waals surface area contributed by atoms with E-state index in [1.54, 1.807) is 0 Å². The second-order valence-electron chi connectivity index (χ2n) is 3.95. The highest BCUT2D eigenvalue weighted by molar-refractivity contribution is 14.1. The minimum atomic E-state index is -0.463. The molecule has 0 aromatic heterocycles. The molecule has 2 nitrogen and oxygen atoms in total. The maximum Gasteiger partial charge on any atom is 0.0758 e. The lowest BCUT2D eigenvalue weighted by Crippen LogP contribution is -2.31. The van der Waals surface area contributed by atoms with Crippen LogP contribution in [0.4, 0.5) is 0 Å². The summed E-state index contributed by atoms with van der Waals surface area (Å²) in [6.45, 7) is 4.09. The van der Waals surface area contributed by atoms with E-state index in [1.165, 1.54) is 3.57 Å². The van der Waals surface area contributed by atoms with Gasteiger partial charge in [0.25, 0.3) is 0 Å². The van der Waals surface area contributed by atoms with Crippen molar-refractivity contribution in [2.45, 2.75) is 32.4 Å². The molecule has 1 aromatic carbocycles. The molecular weight excluding hydrogens is 336 g/mol. The molecule has 0 fully saturated rings. The van der Waals surface area contributed by atoms with Crippen molar-refractivity contribution in [2.24, 2.45) is 11.7 Å². The predicted molar refractivity (Wildman–Crippen MR) is 78.8 cm³/mol. The van der Waals surface area contributed by atoms with E-state index in [1.807, 2.05) is 31.2 Å². The molecule has 92 valence electrons. The molecule has 0 spiro atoms. The van der Waals surface area contributed by atoms with Crippen LogP contribution in [0, 0.1) is 9.49 Å². The molecule has 0 radical (unpaired) electrons. The number of aliphatic hydroxyl groups is 1. The fraction of sp³-hybridized carbons (Fsp3) is 0.500. The van der Waals surface area contributed by atoms with E-state index in [4.69, 9.17) is 5.73 Å². The molecule has 3 atom stereocenters. The maximum atomic E-state index is 9.98. The number of hydrogen-bond donors (Lipinski definition) is 2. The topological polar surface area (TPSA) is 46.2 Å². The Kier molecular flexibility index (Phi) is 7.55. The first kappa shape index (κ1) is 16.2. The molecule has 3 N–H and O–H groups in total. The third kappa shape index (κ3) is 4.20. The lowest BCUT2D eigenvalue weighted by atomic mass is 9.92. The Morgan fingerprint density at radius 3 is 2.25 bits per heavy atom. The fourth-order valence-corrected chi connectivity index (χ4v) is 1.84. The maximum absolute atomic E-state index is 9.98. The average Bonchev–Trinajstić information content (AvgIpc) is 2.27. The molecule has 0 heterocycles. The van der Waals surface area contributed by atoms with Crippen LogP contribution in [0.1, 0.15) is 31.9 Å². The van der Waals surface area contributed by atoms with Crippen LogP contribution in [-0.4, -0.2) is 11.2 Å². The summed E-state index contributed by atoms with van der Waals surface area (Å²) in [6.07, 6.45) is 0.481. The van der Waals surface area contributed by atoms with Crippen LogP contribution in [0.25, 0.3) is 0 Å². The van der Waals surface area contributed by atoms with Gasteiger partial charge in [0, 0.05) is 3.57 Å². The van der Waals surface area contributed by atoms with E-state index >= 15 is 0 Å². The van der Waals surface area contributed by atoms with Crippen molar-refractivity contribution in [3.05, 3.63) is 33.4 Å². The zero-order chi connectivity index (χ0) is 11.4. The minimum Gasteiger partial charge on any atom is -0.391 e. The quantitative estimate of drug-likeness (QED) is 0.815. The van der Waals surface area contributed by atoms with Gasteiger partial charge in [0.1, 0.15) is 0 Å². The highest BCUT2D eigenvalue weighted by Crippen LogP contribution is 2.22. The second kappa shape index (κ2) is 7.48. The third-order valence-electron chi connectivity index (χ3n) is 2.85. The highest BCUT2D eigenvalue weighted by Gasteiger charge is 2.21. The fourth-order valence-electron chi connectivity index (χ4n) is 1.48. The molecule has 0 amide bonds. The van der Waals surface area contributed by atoms with Gasteiger partial charge in [0.2, 0.25) is 0 Å². The summed E-state index contributed by atoms with van der Waals surface area (Å²) in [4.78, 5) is 0. The van der Waals surface area contributed by atoms with Crippen LogP contribution in [0.5, 0.6) is 0 Å². The van der Waals surface area contributed by atoms with E-state index in [-0.39, 0.29) is 24.4 Å². The number of hydrogen-bond acceptors (Lipinski definition) is 2. The average molecular weight is 356 g/mol. The number of halogens is 2. The zero-order valence-corrected chi connectivity index (χ0v) is 12.5. The lowest BCUT2D eigenvalue weighted by molar-refractivity contribution is 0.0880. The Morgan fingerprint density at radius 2 is 1.81 bits per heavy atom. The van der Waals surface area contributed by atoms with Crippen LogP contribution in [0.15, 0.2) is 24.3 Å². The normalized spacial score (nSPS) is 16.1. The molecule has 1 aromatic rings. The van der Waals surface area contributed by atoms with E-state index < -0.39 is 6.10 Å². The van der Waals surface area contributed by atoms with Gasteiger partial charge in [0.05, 0.1) is 12.1 Å².